The number of amides is 2. The van der Waals surface area contributed by atoms with Gasteiger partial charge in [0.25, 0.3) is 0 Å². The summed E-state index contributed by atoms with van der Waals surface area (Å²) in [5.74, 6) is 0.477. The lowest BCUT2D eigenvalue weighted by Crippen LogP contribution is -2.69. The van der Waals surface area contributed by atoms with Crippen LogP contribution in [0.4, 0.5) is 0 Å². The van der Waals surface area contributed by atoms with Gasteiger partial charge in [-0.1, -0.05) is 0 Å². The van der Waals surface area contributed by atoms with Gasteiger partial charge in [-0.3, -0.25) is 9.59 Å². The fourth-order valence-corrected chi connectivity index (χ4v) is 3.53. The lowest BCUT2D eigenvalue weighted by Gasteiger charge is -2.45. The fraction of sp³-hybridized carbons (Fsp3) is 0.857. The predicted octanol–water partition coefficient (Wildman–Crippen LogP) is 0.208. The van der Waals surface area contributed by atoms with Crippen LogP contribution in [-0.4, -0.2) is 59.9 Å². The number of nitrogens with one attached hydrogen (secondary N) is 1. The van der Waals surface area contributed by atoms with Crippen molar-refractivity contribution in [3.05, 3.63) is 0 Å². The molecular formula is C14H23N3O2. The molecule has 1 saturated carbocycles. The van der Waals surface area contributed by atoms with E-state index < -0.39 is 5.54 Å². The molecule has 0 radical (unpaired) electrons. The van der Waals surface area contributed by atoms with Gasteiger partial charge >= 0.3 is 0 Å². The van der Waals surface area contributed by atoms with Crippen LogP contribution in [-0.2, 0) is 9.59 Å². The zero-order chi connectivity index (χ0) is 13.6. The number of hydrogen-bond acceptors (Lipinski definition) is 3. The van der Waals surface area contributed by atoms with Crippen molar-refractivity contribution in [2.45, 2.75) is 44.2 Å². The summed E-state index contributed by atoms with van der Waals surface area (Å²) in [6.45, 7) is 4.12. The van der Waals surface area contributed by atoms with Crippen LogP contribution in [0, 0.1) is 5.92 Å². The molecule has 19 heavy (non-hydrogen) atoms. The molecule has 2 saturated heterocycles. The average Bonchev–Trinajstić information content (AvgIpc) is 3.18. The molecule has 2 amide bonds. The molecule has 0 aromatic heterocycles. The van der Waals surface area contributed by atoms with Crippen LogP contribution in [0.1, 0.15) is 32.6 Å². The molecule has 2 heterocycles. The molecule has 0 aromatic carbocycles. The summed E-state index contributed by atoms with van der Waals surface area (Å²) in [7, 11) is 2.08. The molecule has 0 spiro atoms. The van der Waals surface area contributed by atoms with Gasteiger partial charge in [0.1, 0.15) is 5.54 Å². The van der Waals surface area contributed by atoms with E-state index in [1.54, 1.807) is 0 Å². The lowest BCUT2D eigenvalue weighted by molar-refractivity contribution is -0.153. The Hall–Kier alpha value is -1.10. The van der Waals surface area contributed by atoms with Crippen molar-refractivity contribution in [2.75, 3.05) is 26.7 Å². The maximum Gasteiger partial charge on any atom is 0.249 e. The summed E-state index contributed by atoms with van der Waals surface area (Å²) < 4.78 is 0. The molecule has 3 rings (SSSR count). The highest BCUT2D eigenvalue weighted by Gasteiger charge is 2.53. The Balaban J connectivity index is 1.80. The highest BCUT2D eigenvalue weighted by atomic mass is 16.2. The summed E-state index contributed by atoms with van der Waals surface area (Å²) in [5.41, 5.74) is -0.647. The van der Waals surface area contributed by atoms with Crippen molar-refractivity contribution >= 4 is 11.8 Å². The zero-order valence-electron chi connectivity index (χ0n) is 11.8. The van der Waals surface area contributed by atoms with Gasteiger partial charge in [0.05, 0.1) is 6.54 Å². The van der Waals surface area contributed by atoms with Crippen molar-refractivity contribution in [3.8, 4) is 0 Å². The van der Waals surface area contributed by atoms with Gasteiger partial charge in [0.15, 0.2) is 0 Å². The van der Waals surface area contributed by atoms with Gasteiger partial charge in [-0.25, -0.2) is 0 Å². The van der Waals surface area contributed by atoms with Gasteiger partial charge in [-0.05, 0) is 52.1 Å². The maximum atomic E-state index is 12.8. The number of likely N-dealkylation sites (N-methyl/N-ethyl adjacent to an activating group) is 1. The van der Waals surface area contributed by atoms with Crippen LogP contribution >= 0.6 is 0 Å². The zero-order valence-corrected chi connectivity index (χ0v) is 11.8. The lowest BCUT2D eigenvalue weighted by atomic mass is 9.89. The summed E-state index contributed by atoms with van der Waals surface area (Å²) in [6, 6.07) is 0.204. The van der Waals surface area contributed by atoms with Crippen LogP contribution in [0.15, 0.2) is 0 Å². The number of rotatable bonds is 2. The van der Waals surface area contributed by atoms with E-state index in [9.17, 15) is 9.59 Å². The van der Waals surface area contributed by atoms with Crippen LogP contribution in [0.3, 0.4) is 0 Å². The third-order valence-corrected chi connectivity index (χ3v) is 4.85. The largest absolute Gasteiger partial charge is 0.340 e. The first-order valence-electron chi connectivity index (χ1n) is 7.31. The Morgan fingerprint density at radius 2 is 2.00 bits per heavy atom. The minimum absolute atomic E-state index is 0.00206. The number of carbonyl (C=O) groups excluding carboxylic acids is 2. The van der Waals surface area contributed by atoms with E-state index in [1.165, 1.54) is 0 Å². The first-order chi connectivity index (χ1) is 9.00. The summed E-state index contributed by atoms with van der Waals surface area (Å²) >= 11 is 0. The second kappa shape index (κ2) is 4.47. The topological polar surface area (TPSA) is 52.6 Å². The molecule has 3 fully saturated rings. The highest BCUT2D eigenvalue weighted by molar-refractivity contribution is 5.98. The number of piperazine rings is 1. The second-order valence-corrected chi connectivity index (χ2v) is 6.52. The normalized spacial score (nSPS) is 37.4. The monoisotopic (exact) mass is 265 g/mol. The van der Waals surface area contributed by atoms with Gasteiger partial charge in [-0.15, -0.1) is 0 Å². The number of likely N-dealkylation sites (tertiary alicyclic amines) is 1. The third-order valence-electron chi connectivity index (χ3n) is 4.85. The number of carbonyl (C=O) groups is 2. The first-order valence-corrected chi connectivity index (χ1v) is 7.31. The van der Waals surface area contributed by atoms with Gasteiger partial charge in [0.2, 0.25) is 11.8 Å². The van der Waals surface area contributed by atoms with E-state index >= 15 is 0 Å². The van der Waals surface area contributed by atoms with Crippen molar-refractivity contribution < 1.29 is 9.59 Å². The molecule has 5 nitrogen and oxygen atoms in total. The molecule has 1 N–H and O–H groups in total. The molecule has 2 atom stereocenters. The predicted molar refractivity (Wildman–Crippen MR) is 71.5 cm³/mol. The van der Waals surface area contributed by atoms with Gasteiger partial charge in [-0.2, -0.15) is 0 Å². The van der Waals surface area contributed by atoms with E-state index in [1.807, 2.05) is 11.8 Å². The second-order valence-electron chi connectivity index (χ2n) is 6.52. The summed E-state index contributed by atoms with van der Waals surface area (Å²) in [5, 5.41) is 2.94. The van der Waals surface area contributed by atoms with Crippen LogP contribution in [0.2, 0.25) is 0 Å². The minimum Gasteiger partial charge on any atom is -0.340 e. The van der Waals surface area contributed by atoms with Gasteiger partial charge in [0, 0.05) is 12.6 Å². The van der Waals surface area contributed by atoms with Crippen molar-refractivity contribution in [1.82, 2.24) is 15.1 Å². The Morgan fingerprint density at radius 3 is 2.63 bits per heavy atom. The van der Waals surface area contributed by atoms with Gasteiger partial charge < -0.3 is 15.1 Å². The average molecular weight is 265 g/mol. The standard InChI is InChI=1S/C14H23N3O2/c1-14(10-5-6-10)13(19)17(9-12(18)15-14)11-4-3-7-16(2)8-11/h10-11H,3-9H2,1-2H3,(H,15,18). The molecular weight excluding hydrogens is 242 g/mol. The molecule has 106 valence electrons. The molecule has 0 aromatic rings. The van der Waals surface area contributed by atoms with Crippen molar-refractivity contribution in [3.63, 3.8) is 0 Å². The van der Waals surface area contributed by atoms with E-state index in [0.29, 0.717) is 5.92 Å². The number of hydrogen-bond donors (Lipinski definition) is 1. The molecule has 0 bridgehead atoms. The molecule has 3 aliphatic rings. The Bertz CT molecular complexity index is 407. The van der Waals surface area contributed by atoms with Crippen LogP contribution in [0.5, 0.6) is 0 Å². The van der Waals surface area contributed by atoms with E-state index in [4.69, 9.17) is 0 Å². The van der Waals surface area contributed by atoms with Crippen LogP contribution < -0.4 is 5.32 Å². The maximum absolute atomic E-state index is 12.8. The Labute approximate surface area is 114 Å². The minimum atomic E-state index is -0.647. The molecule has 1 aliphatic carbocycles. The first kappa shape index (κ1) is 12.9. The summed E-state index contributed by atoms with van der Waals surface area (Å²) in [6.07, 6.45) is 4.23. The summed E-state index contributed by atoms with van der Waals surface area (Å²) in [4.78, 5) is 28.8. The van der Waals surface area contributed by atoms with E-state index in [0.717, 1.165) is 38.8 Å². The molecule has 2 aliphatic heterocycles. The molecule has 5 heteroatoms. The Morgan fingerprint density at radius 1 is 1.26 bits per heavy atom. The number of piperidine rings is 1. The Kier molecular flexibility index (Phi) is 3.04. The van der Waals surface area contributed by atoms with Crippen molar-refractivity contribution in [1.29, 1.82) is 0 Å². The van der Waals surface area contributed by atoms with Crippen LogP contribution in [0.25, 0.3) is 0 Å². The SMILES string of the molecule is CN1CCCC(N2CC(=O)NC(C)(C3CC3)C2=O)C1. The smallest absolute Gasteiger partial charge is 0.249 e. The highest BCUT2D eigenvalue weighted by Crippen LogP contribution is 2.42. The molecule has 2 unspecified atom stereocenters. The van der Waals surface area contributed by atoms with E-state index in [-0.39, 0.29) is 24.4 Å². The third kappa shape index (κ3) is 2.24. The fourth-order valence-electron chi connectivity index (χ4n) is 3.53. The van der Waals surface area contributed by atoms with E-state index in [2.05, 4.69) is 17.3 Å². The quantitative estimate of drug-likeness (QED) is 0.776. The van der Waals surface area contributed by atoms with Crippen molar-refractivity contribution in [2.24, 2.45) is 5.92 Å². The number of nitrogens with zero attached hydrogens (tertiary/aromatic N) is 2.